The number of ether oxygens (including phenoxy) is 1. The van der Waals surface area contributed by atoms with Crippen molar-refractivity contribution in [2.24, 2.45) is 0 Å². The first-order chi connectivity index (χ1) is 19.0. The summed E-state index contributed by atoms with van der Waals surface area (Å²) in [7, 11) is -2.14. The summed E-state index contributed by atoms with van der Waals surface area (Å²) in [6.07, 6.45) is 4.48. The number of fused-ring (bicyclic) bond motifs is 1. The Morgan fingerprint density at radius 1 is 1.12 bits per heavy atom. The minimum Gasteiger partial charge on any atom is -0.617 e. The lowest BCUT2D eigenvalue weighted by molar-refractivity contribution is 0.0964. The summed E-state index contributed by atoms with van der Waals surface area (Å²) in [4.78, 5) is 13.1. The van der Waals surface area contributed by atoms with Crippen LogP contribution in [0.1, 0.15) is 34.7 Å². The van der Waals surface area contributed by atoms with Gasteiger partial charge in [0, 0.05) is 24.1 Å². The maximum atomic E-state index is 13.2. The number of halogens is 1. The van der Waals surface area contributed by atoms with E-state index in [0.717, 1.165) is 24.7 Å². The molecule has 0 saturated heterocycles. The third kappa shape index (κ3) is 5.96. The highest BCUT2D eigenvalue weighted by atomic mass is 32.2. The predicted octanol–water partition coefficient (Wildman–Crippen LogP) is 5.41. The summed E-state index contributed by atoms with van der Waals surface area (Å²) in [5.41, 5.74) is 2.64. The monoisotopic (exact) mass is 584 g/mol. The van der Waals surface area contributed by atoms with Crippen molar-refractivity contribution in [1.29, 1.82) is 0 Å². The Labute approximate surface area is 235 Å². The second kappa shape index (κ2) is 11.1. The van der Waals surface area contributed by atoms with Gasteiger partial charge in [-0.2, -0.15) is 0 Å². The lowest BCUT2D eigenvalue weighted by atomic mass is 10.0. The van der Waals surface area contributed by atoms with Crippen LogP contribution in [-0.4, -0.2) is 50.7 Å². The van der Waals surface area contributed by atoms with E-state index in [4.69, 9.17) is 9.15 Å². The summed E-state index contributed by atoms with van der Waals surface area (Å²) in [6, 6.07) is 16.1. The summed E-state index contributed by atoms with van der Waals surface area (Å²) in [5, 5.41) is 3.27. The van der Waals surface area contributed by atoms with Gasteiger partial charge in [-0.3, -0.25) is 9.10 Å². The fourth-order valence-corrected chi connectivity index (χ4v) is 6.12. The number of rotatable bonds is 10. The molecule has 1 fully saturated rings. The molecule has 1 aromatic heterocycles. The zero-order valence-electron chi connectivity index (χ0n) is 22.3. The van der Waals surface area contributed by atoms with Crippen LogP contribution in [0.5, 0.6) is 11.5 Å². The van der Waals surface area contributed by atoms with Crippen molar-refractivity contribution in [3.8, 4) is 22.8 Å². The van der Waals surface area contributed by atoms with Gasteiger partial charge in [0.1, 0.15) is 34.4 Å². The van der Waals surface area contributed by atoms with E-state index in [1.807, 2.05) is 6.07 Å². The fraction of sp³-hybridized carbons (Fsp3) is 0.276. The molecular weight excluding hydrogens is 555 g/mol. The average Bonchev–Trinajstić information content (AvgIpc) is 3.69. The Bertz CT molecular complexity index is 1650. The number of furan rings is 1. The van der Waals surface area contributed by atoms with Gasteiger partial charge in [0.15, 0.2) is 0 Å². The fourth-order valence-electron chi connectivity index (χ4n) is 4.63. The van der Waals surface area contributed by atoms with Crippen molar-refractivity contribution in [3.63, 3.8) is 0 Å². The molecule has 210 valence electrons. The topological polar surface area (TPSA) is 112 Å². The molecule has 0 spiro atoms. The summed E-state index contributed by atoms with van der Waals surface area (Å²) in [6.45, 7) is 0.0680. The number of nitrogens with one attached hydrogen (secondary N) is 1. The minimum atomic E-state index is -3.68. The van der Waals surface area contributed by atoms with Crippen molar-refractivity contribution in [2.45, 2.75) is 18.8 Å². The maximum Gasteiger partial charge on any atom is 0.255 e. The molecule has 8 nitrogen and oxygen atoms in total. The molecule has 1 N–H and O–H groups in total. The van der Waals surface area contributed by atoms with Crippen molar-refractivity contribution < 1.29 is 31.3 Å². The summed E-state index contributed by atoms with van der Waals surface area (Å²) in [5.74, 6) is 0.985. The molecule has 0 bridgehead atoms. The highest BCUT2D eigenvalue weighted by Crippen LogP contribution is 2.48. The molecule has 1 saturated carbocycles. The van der Waals surface area contributed by atoms with Crippen molar-refractivity contribution in [2.75, 3.05) is 36.2 Å². The molecule has 1 atom stereocenters. The Morgan fingerprint density at radius 3 is 2.30 bits per heavy atom. The highest BCUT2D eigenvalue weighted by Gasteiger charge is 2.33. The Balaban J connectivity index is 1.59. The van der Waals surface area contributed by atoms with Crippen LogP contribution in [0.2, 0.25) is 0 Å². The van der Waals surface area contributed by atoms with Crippen LogP contribution in [-0.2, 0) is 21.2 Å². The van der Waals surface area contributed by atoms with Gasteiger partial charge in [0.2, 0.25) is 10.0 Å². The summed E-state index contributed by atoms with van der Waals surface area (Å²) < 4.78 is 63.9. The number of amides is 1. The smallest absolute Gasteiger partial charge is 0.255 e. The molecule has 1 aliphatic rings. The molecule has 3 aromatic carbocycles. The van der Waals surface area contributed by atoms with Crippen LogP contribution >= 0.6 is 0 Å². The number of hydrogen-bond donors (Lipinski definition) is 1. The third-order valence-electron chi connectivity index (χ3n) is 6.73. The second-order valence-electron chi connectivity index (χ2n) is 9.76. The van der Waals surface area contributed by atoms with Gasteiger partial charge >= 0.3 is 0 Å². The van der Waals surface area contributed by atoms with Gasteiger partial charge in [-0.15, -0.1) is 0 Å². The van der Waals surface area contributed by atoms with E-state index < -0.39 is 21.2 Å². The first-order valence-electron chi connectivity index (χ1n) is 12.7. The van der Waals surface area contributed by atoms with E-state index in [1.54, 1.807) is 30.3 Å². The highest BCUT2D eigenvalue weighted by molar-refractivity contribution is 7.92. The molecule has 1 aliphatic carbocycles. The Hall–Kier alpha value is -3.54. The van der Waals surface area contributed by atoms with Gasteiger partial charge in [-0.25, -0.2) is 12.8 Å². The Morgan fingerprint density at radius 2 is 1.75 bits per heavy atom. The molecule has 4 aromatic rings. The van der Waals surface area contributed by atoms with Gasteiger partial charge < -0.3 is 19.0 Å². The van der Waals surface area contributed by atoms with E-state index in [-0.39, 0.29) is 29.9 Å². The number of benzene rings is 3. The maximum absolute atomic E-state index is 13.2. The standard InChI is InChI=1S/C29H29FN2O6S2/c1-31-29(33)27-24-16-23(18-4-5-18)25(32(40(3,35)36)14-15-39(2)34)17-26(24)38-28(27)19-6-10-21(11-7-19)37-22-12-8-20(30)9-13-22/h6-13,16-18H,4-5,14-15H2,1-3H3,(H,31,33). The van der Waals surface area contributed by atoms with Gasteiger partial charge in [-0.1, -0.05) is 11.2 Å². The van der Waals surface area contributed by atoms with Gasteiger partial charge in [0.25, 0.3) is 5.91 Å². The molecule has 1 unspecified atom stereocenters. The molecular formula is C29H29FN2O6S2. The third-order valence-corrected chi connectivity index (χ3v) is 8.66. The van der Waals surface area contributed by atoms with Crippen LogP contribution in [0.4, 0.5) is 10.1 Å². The van der Waals surface area contributed by atoms with E-state index >= 15 is 0 Å². The Kier molecular flexibility index (Phi) is 7.80. The number of hydrogen-bond acceptors (Lipinski definition) is 6. The lowest BCUT2D eigenvalue weighted by Crippen LogP contribution is -2.35. The molecule has 0 radical (unpaired) electrons. The van der Waals surface area contributed by atoms with E-state index in [0.29, 0.717) is 45.0 Å². The zero-order chi connectivity index (χ0) is 28.6. The van der Waals surface area contributed by atoms with Crippen LogP contribution < -0.4 is 14.4 Å². The van der Waals surface area contributed by atoms with Gasteiger partial charge in [0.05, 0.1) is 30.3 Å². The first kappa shape index (κ1) is 28.0. The second-order valence-corrected chi connectivity index (χ2v) is 13.2. The lowest BCUT2D eigenvalue weighted by Gasteiger charge is -2.25. The van der Waals surface area contributed by atoms with Crippen LogP contribution in [0.15, 0.2) is 65.1 Å². The van der Waals surface area contributed by atoms with E-state index in [1.165, 1.54) is 41.9 Å². The van der Waals surface area contributed by atoms with E-state index in [2.05, 4.69) is 5.32 Å². The minimum absolute atomic E-state index is 0.0680. The average molecular weight is 585 g/mol. The van der Waals surface area contributed by atoms with Gasteiger partial charge in [-0.05, 0) is 78.9 Å². The largest absolute Gasteiger partial charge is 0.617 e. The normalized spacial score (nSPS) is 14.2. The number of sulfonamides is 1. The SMILES string of the molecule is CNC(=O)c1c(-c2ccc(Oc3ccc(F)cc3)cc2)oc2cc(N(CC[S+](C)[O-])S(C)(=O)=O)c(C3CC3)cc12. The van der Waals surface area contributed by atoms with Crippen molar-refractivity contribution >= 4 is 43.8 Å². The number of nitrogens with zero attached hydrogens (tertiary/aromatic N) is 1. The quantitative estimate of drug-likeness (QED) is 0.250. The molecule has 0 aliphatic heterocycles. The first-order valence-corrected chi connectivity index (χ1v) is 16.3. The summed E-state index contributed by atoms with van der Waals surface area (Å²) >= 11 is -1.18. The van der Waals surface area contributed by atoms with E-state index in [9.17, 15) is 22.2 Å². The van der Waals surface area contributed by atoms with Crippen LogP contribution in [0.3, 0.4) is 0 Å². The number of carbonyl (C=O) groups is 1. The number of carbonyl (C=O) groups excluding carboxylic acids is 1. The van der Waals surface area contributed by atoms with Crippen LogP contribution in [0, 0.1) is 5.82 Å². The van der Waals surface area contributed by atoms with Crippen LogP contribution in [0.25, 0.3) is 22.3 Å². The molecule has 1 amide bonds. The number of anilines is 1. The predicted molar refractivity (Wildman–Crippen MR) is 155 cm³/mol. The molecule has 40 heavy (non-hydrogen) atoms. The van der Waals surface area contributed by atoms with Crippen molar-refractivity contribution in [3.05, 3.63) is 77.6 Å². The molecule has 11 heteroatoms. The van der Waals surface area contributed by atoms with Crippen molar-refractivity contribution in [1.82, 2.24) is 5.32 Å². The molecule has 5 rings (SSSR count). The molecule has 1 heterocycles. The zero-order valence-corrected chi connectivity index (χ0v) is 23.9.